The summed E-state index contributed by atoms with van der Waals surface area (Å²) >= 11 is 0. The molecule has 3 aromatic rings. The fourth-order valence-electron chi connectivity index (χ4n) is 3.91. The molecular weight excluding hydrogens is 446 g/mol. The molecule has 0 saturated heterocycles. The maximum atomic E-state index is 12.8. The number of cyclic esters (lactones) is 1. The molecule has 2 aromatic carbocycles. The van der Waals surface area contributed by atoms with E-state index in [0.717, 1.165) is 11.1 Å². The van der Waals surface area contributed by atoms with Crippen LogP contribution < -0.4 is 16.0 Å². The molecule has 4 N–H and O–H groups in total. The molecule has 2 heterocycles. The number of benzene rings is 2. The van der Waals surface area contributed by atoms with Gasteiger partial charge in [0.1, 0.15) is 17.0 Å². The molecule has 0 saturated carbocycles. The molecule has 1 amide bonds. The Balaban J connectivity index is 1.66. The van der Waals surface area contributed by atoms with Crippen molar-refractivity contribution in [3.63, 3.8) is 0 Å². The number of fused-ring (bicyclic) bond motifs is 1. The van der Waals surface area contributed by atoms with Crippen molar-refractivity contribution < 1.29 is 19.4 Å². The Bertz CT molecular complexity index is 1240. The van der Waals surface area contributed by atoms with E-state index < -0.39 is 11.6 Å². The number of nitrogens with one attached hydrogen (secondary N) is 3. The van der Waals surface area contributed by atoms with Crippen LogP contribution >= 0.6 is 0 Å². The smallest absolute Gasteiger partial charge is 0.339 e. The average Bonchev–Trinajstić information content (AvgIpc) is 3.05. The van der Waals surface area contributed by atoms with E-state index in [2.05, 4.69) is 25.9 Å². The van der Waals surface area contributed by atoms with Crippen molar-refractivity contribution in [3.05, 3.63) is 77.0 Å². The van der Waals surface area contributed by atoms with E-state index in [9.17, 15) is 14.7 Å². The predicted molar refractivity (Wildman–Crippen MR) is 133 cm³/mol. The van der Waals surface area contributed by atoms with Crippen LogP contribution in [0, 0.1) is 0 Å². The third-order valence-electron chi connectivity index (χ3n) is 5.64. The van der Waals surface area contributed by atoms with E-state index >= 15 is 0 Å². The molecule has 9 heteroatoms. The zero-order chi connectivity index (χ0) is 25.2. The number of nitrogens with zero attached hydrogens (tertiary/aromatic N) is 2. The Morgan fingerprint density at radius 3 is 2.57 bits per heavy atom. The quantitative estimate of drug-likeness (QED) is 0.362. The van der Waals surface area contributed by atoms with Crippen LogP contribution in [0.5, 0.6) is 0 Å². The maximum absolute atomic E-state index is 12.8. The highest BCUT2D eigenvalue weighted by Gasteiger charge is 2.37. The molecule has 182 valence electrons. The number of aliphatic hydroxyl groups excluding tert-OH is 1. The molecule has 4 rings (SSSR count). The average molecular weight is 476 g/mol. The monoisotopic (exact) mass is 475 g/mol. The Morgan fingerprint density at radius 1 is 1.14 bits per heavy atom. The van der Waals surface area contributed by atoms with E-state index in [1.54, 1.807) is 12.1 Å². The number of carbonyl (C=O) groups is 2. The first kappa shape index (κ1) is 24.2. The van der Waals surface area contributed by atoms with E-state index in [0.29, 0.717) is 11.3 Å². The fraction of sp³-hybridized carbons (Fsp3) is 0.308. The summed E-state index contributed by atoms with van der Waals surface area (Å²) in [5.41, 5.74) is 2.33. The number of hydrogen-bond donors (Lipinski definition) is 4. The van der Waals surface area contributed by atoms with Crippen molar-refractivity contribution in [2.45, 2.75) is 45.4 Å². The Hall–Kier alpha value is -3.98. The van der Waals surface area contributed by atoms with Crippen LogP contribution in [0.15, 0.2) is 54.7 Å². The molecule has 35 heavy (non-hydrogen) atoms. The second-order valence-electron chi connectivity index (χ2n) is 9.16. The minimum absolute atomic E-state index is 0.0735. The van der Waals surface area contributed by atoms with Crippen molar-refractivity contribution in [1.29, 1.82) is 0 Å². The number of ether oxygens (including phenoxy) is 1. The Morgan fingerprint density at radius 2 is 1.89 bits per heavy atom. The van der Waals surface area contributed by atoms with Gasteiger partial charge in [-0.3, -0.25) is 4.79 Å². The summed E-state index contributed by atoms with van der Waals surface area (Å²) in [6.45, 7) is 7.20. The molecule has 0 spiro atoms. The number of carbonyl (C=O) groups excluding carboxylic acids is 2. The van der Waals surface area contributed by atoms with Crippen LogP contribution in [-0.2, 0) is 10.3 Å². The van der Waals surface area contributed by atoms with Crippen LogP contribution in [-0.4, -0.2) is 39.6 Å². The maximum Gasteiger partial charge on any atom is 0.339 e. The topological polar surface area (TPSA) is 125 Å². The first-order chi connectivity index (χ1) is 16.7. The van der Waals surface area contributed by atoms with Gasteiger partial charge in [0.15, 0.2) is 0 Å². The van der Waals surface area contributed by atoms with E-state index in [1.165, 1.54) is 6.20 Å². The van der Waals surface area contributed by atoms with Crippen LogP contribution in [0.25, 0.3) is 0 Å². The standard InChI is InChI=1S/C26H29N5O4/c1-15(2)28-23(33)19-13-27-25(31-22(19)30-21(14-32)16-8-6-5-7-9-16)29-17-10-11-18-20(12-17)26(3,4)35-24(18)34/h5-13,15,21,32H,14H2,1-4H3,(H,28,33)(H2,27,29,30,31). The summed E-state index contributed by atoms with van der Waals surface area (Å²) in [5.74, 6) is -0.144. The molecular formula is C26H29N5O4. The lowest BCUT2D eigenvalue weighted by atomic mass is 9.95. The first-order valence-corrected chi connectivity index (χ1v) is 11.4. The molecule has 1 aromatic heterocycles. The summed E-state index contributed by atoms with van der Waals surface area (Å²) in [4.78, 5) is 33.8. The second kappa shape index (κ2) is 9.71. The summed E-state index contributed by atoms with van der Waals surface area (Å²) in [6, 6.07) is 14.2. The van der Waals surface area contributed by atoms with Gasteiger partial charge in [-0.25, -0.2) is 9.78 Å². The number of rotatable bonds is 8. The zero-order valence-corrected chi connectivity index (χ0v) is 20.1. The molecule has 0 bridgehead atoms. The molecule has 1 atom stereocenters. The van der Waals surface area contributed by atoms with Gasteiger partial charge < -0.3 is 25.8 Å². The molecule has 1 unspecified atom stereocenters. The molecule has 1 aliphatic rings. The van der Waals surface area contributed by atoms with Crippen LogP contribution in [0.2, 0.25) is 0 Å². The minimum Gasteiger partial charge on any atom is -0.451 e. The lowest BCUT2D eigenvalue weighted by molar-refractivity contribution is 0.00953. The normalized spacial score (nSPS) is 14.7. The van der Waals surface area contributed by atoms with Gasteiger partial charge in [0, 0.05) is 23.5 Å². The number of aliphatic hydroxyl groups is 1. The summed E-state index contributed by atoms with van der Waals surface area (Å²) < 4.78 is 5.44. The predicted octanol–water partition coefficient (Wildman–Crippen LogP) is 3.91. The van der Waals surface area contributed by atoms with Gasteiger partial charge in [-0.05, 0) is 51.5 Å². The molecule has 0 fully saturated rings. The minimum atomic E-state index is -0.736. The summed E-state index contributed by atoms with van der Waals surface area (Å²) in [6.07, 6.45) is 1.44. The Kier molecular flexibility index (Phi) is 6.70. The highest BCUT2D eigenvalue weighted by Crippen LogP contribution is 2.37. The first-order valence-electron chi connectivity index (χ1n) is 11.4. The van der Waals surface area contributed by atoms with Gasteiger partial charge in [0.2, 0.25) is 5.95 Å². The summed E-state index contributed by atoms with van der Waals surface area (Å²) in [7, 11) is 0. The number of esters is 1. The van der Waals surface area contributed by atoms with Gasteiger partial charge >= 0.3 is 5.97 Å². The lowest BCUT2D eigenvalue weighted by Gasteiger charge is -2.20. The lowest BCUT2D eigenvalue weighted by Crippen LogP contribution is -2.31. The van der Waals surface area contributed by atoms with Crippen LogP contribution in [0.3, 0.4) is 0 Å². The SMILES string of the molecule is CC(C)NC(=O)c1cnc(Nc2ccc3c(c2)C(C)(C)OC3=O)nc1NC(CO)c1ccccc1. The van der Waals surface area contributed by atoms with Crippen LogP contribution in [0.1, 0.15) is 65.6 Å². The van der Waals surface area contributed by atoms with E-state index in [1.807, 2.05) is 64.1 Å². The largest absolute Gasteiger partial charge is 0.451 e. The van der Waals surface area contributed by atoms with E-state index in [4.69, 9.17) is 4.74 Å². The number of anilines is 3. The number of hydrogen-bond acceptors (Lipinski definition) is 8. The van der Waals surface area contributed by atoms with Crippen molar-refractivity contribution in [3.8, 4) is 0 Å². The second-order valence-corrected chi connectivity index (χ2v) is 9.16. The van der Waals surface area contributed by atoms with Crippen LogP contribution in [0.4, 0.5) is 17.5 Å². The zero-order valence-electron chi connectivity index (χ0n) is 20.1. The van der Waals surface area contributed by atoms with Crippen molar-refractivity contribution in [2.24, 2.45) is 0 Å². The number of amides is 1. The van der Waals surface area contributed by atoms with Gasteiger partial charge in [-0.2, -0.15) is 4.98 Å². The van der Waals surface area contributed by atoms with Gasteiger partial charge in [0.05, 0.1) is 18.2 Å². The summed E-state index contributed by atoms with van der Waals surface area (Å²) in [5, 5.41) is 19.2. The van der Waals surface area contributed by atoms with Gasteiger partial charge in [-0.15, -0.1) is 0 Å². The van der Waals surface area contributed by atoms with Crippen molar-refractivity contribution >= 4 is 29.3 Å². The van der Waals surface area contributed by atoms with Gasteiger partial charge in [0.25, 0.3) is 5.91 Å². The molecule has 0 radical (unpaired) electrons. The third-order valence-corrected chi connectivity index (χ3v) is 5.64. The highest BCUT2D eigenvalue weighted by atomic mass is 16.6. The molecule has 1 aliphatic heterocycles. The fourth-order valence-corrected chi connectivity index (χ4v) is 3.91. The van der Waals surface area contributed by atoms with Gasteiger partial charge in [-0.1, -0.05) is 30.3 Å². The molecule has 9 nitrogen and oxygen atoms in total. The van der Waals surface area contributed by atoms with E-state index in [-0.39, 0.29) is 41.9 Å². The highest BCUT2D eigenvalue weighted by molar-refractivity contribution is 5.99. The Labute approximate surface area is 204 Å². The molecule has 0 aliphatic carbocycles. The van der Waals surface area contributed by atoms with Crippen molar-refractivity contribution in [2.75, 3.05) is 17.2 Å². The number of aromatic nitrogens is 2. The third kappa shape index (κ3) is 5.25. The van der Waals surface area contributed by atoms with Crippen molar-refractivity contribution in [1.82, 2.24) is 15.3 Å².